The van der Waals surface area contributed by atoms with Crippen LogP contribution < -0.4 is 16.5 Å². The Morgan fingerprint density at radius 2 is 1.95 bits per heavy atom. The molecule has 0 rings (SSSR count). The Balaban J connectivity index is 5.17. The molecule has 0 bridgehead atoms. The van der Waals surface area contributed by atoms with Crippen molar-refractivity contribution >= 4 is 17.8 Å². The third kappa shape index (κ3) is 6.87. The molecule has 0 spiro atoms. The fraction of sp³-hybridized carbons (Fsp3) is 0.417. The van der Waals surface area contributed by atoms with Crippen LogP contribution in [0.3, 0.4) is 0 Å². The second-order valence-electron chi connectivity index (χ2n) is 4.04. The number of hydrazine groups is 1. The molecule has 2 amide bonds. The van der Waals surface area contributed by atoms with Crippen molar-refractivity contribution in [1.29, 1.82) is 0 Å². The van der Waals surface area contributed by atoms with Crippen molar-refractivity contribution < 1.29 is 9.59 Å². The maximum absolute atomic E-state index is 11.5. The number of hydrogen-bond acceptors (Lipinski definition) is 3. The van der Waals surface area contributed by atoms with Gasteiger partial charge >= 0.3 is 0 Å². The van der Waals surface area contributed by atoms with Gasteiger partial charge in [0, 0.05) is 19.9 Å². The summed E-state index contributed by atoms with van der Waals surface area (Å²) >= 11 is 0. The van der Waals surface area contributed by atoms with Gasteiger partial charge < -0.3 is 11.1 Å². The maximum Gasteiger partial charge on any atom is 0.243 e. The number of amides is 2. The van der Waals surface area contributed by atoms with Crippen LogP contribution >= 0.6 is 0 Å². The SMILES string of the molecule is C=C/C=C(\NC(N)=NC(C)C)N(NC(C)=O)C(C)=O. The number of carbonyl (C=O) groups is 2. The molecule has 0 fully saturated rings. The van der Waals surface area contributed by atoms with E-state index in [0.29, 0.717) is 0 Å². The number of carbonyl (C=O) groups excluding carboxylic acids is 2. The van der Waals surface area contributed by atoms with Crippen molar-refractivity contribution in [3.8, 4) is 0 Å². The second-order valence-corrected chi connectivity index (χ2v) is 4.04. The first-order valence-corrected chi connectivity index (χ1v) is 5.78. The zero-order valence-corrected chi connectivity index (χ0v) is 11.7. The molecule has 7 heteroatoms. The molecule has 0 atom stereocenters. The van der Waals surface area contributed by atoms with Crippen LogP contribution in [0.5, 0.6) is 0 Å². The molecule has 19 heavy (non-hydrogen) atoms. The fourth-order valence-corrected chi connectivity index (χ4v) is 1.19. The first-order valence-electron chi connectivity index (χ1n) is 5.78. The van der Waals surface area contributed by atoms with Crippen molar-refractivity contribution in [2.75, 3.05) is 0 Å². The van der Waals surface area contributed by atoms with E-state index in [1.165, 1.54) is 26.0 Å². The molecule has 0 aromatic heterocycles. The number of nitrogens with two attached hydrogens (primary N) is 1. The third-order valence-corrected chi connectivity index (χ3v) is 1.75. The van der Waals surface area contributed by atoms with E-state index in [-0.39, 0.29) is 29.6 Å². The average Bonchev–Trinajstić information content (AvgIpc) is 2.23. The summed E-state index contributed by atoms with van der Waals surface area (Å²) in [6.07, 6.45) is 2.96. The number of hydrogen-bond donors (Lipinski definition) is 3. The topological polar surface area (TPSA) is 99.8 Å². The highest BCUT2D eigenvalue weighted by molar-refractivity contribution is 5.84. The lowest BCUT2D eigenvalue weighted by Crippen LogP contribution is -2.49. The van der Waals surface area contributed by atoms with Gasteiger partial charge in [-0.15, -0.1) is 0 Å². The van der Waals surface area contributed by atoms with Crippen LogP contribution in [0.1, 0.15) is 27.7 Å². The van der Waals surface area contributed by atoms with Crippen molar-refractivity contribution in [3.63, 3.8) is 0 Å². The third-order valence-electron chi connectivity index (χ3n) is 1.75. The van der Waals surface area contributed by atoms with Gasteiger partial charge in [0.1, 0.15) is 5.82 Å². The van der Waals surface area contributed by atoms with Crippen LogP contribution in [0, 0.1) is 0 Å². The molecule has 0 saturated carbocycles. The van der Waals surface area contributed by atoms with Crippen molar-refractivity contribution in [2.24, 2.45) is 10.7 Å². The second kappa shape index (κ2) is 7.91. The molecule has 0 aliphatic heterocycles. The van der Waals surface area contributed by atoms with Gasteiger partial charge in [0.15, 0.2) is 5.96 Å². The van der Waals surface area contributed by atoms with Gasteiger partial charge in [-0.3, -0.25) is 20.0 Å². The number of aliphatic imine (C=N–C) groups is 1. The van der Waals surface area contributed by atoms with E-state index in [0.717, 1.165) is 5.01 Å². The summed E-state index contributed by atoms with van der Waals surface area (Å²) in [7, 11) is 0. The minimum atomic E-state index is -0.383. The van der Waals surface area contributed by atoms with Crippen LogP contribution in [-0.2, 0) is 9.59 Å². The molecule has 0 aliphatic carbocycles. The van der Waals surface area contributed by atoms with E-state index >= 15 is 0 Å². The Labute approximate surface area is 113 Å². The largest absolute Gasteiger partial charge is 0.370 e. The van der Waals surface area contributed by atoms with Crippen LogP contribution in [-0.4, -0.2) is 28.8 Å². The highest BCUT2D eigenvalue weighted by Gasteiger charge is 2.15. The van der Waals surface area contributed by atoms with Crippen LogP contribution in [0.25, 0.3) is 0 Å². The van der Waals surface area contributed by atoms with Gasteiger partial charge in [0.05, 0.1) is 0 Å². The van der Waals surface area contributed by atoms with E-state index < -0.39 is 0 Å². The normalized spacial score (nSPS) is 12.1. The van der Waals surface area contributed by atoms with E-state index in [4.69, 9.17) is 5.73 Å². The Bertz CT molecular complexity index is 412. The standard InChI is InChI=1S/C12H21N5O2/c1-6-7-11(15-12(13)14-8(2)3)17(10(5)19)16-9(4)18/h6-8H,1H2,2-5H3,(H,16,18)(H3,13,14,15)/b11-7+. The summed E-state index contributed by atoms with van der Waals surface area (Å²) in [5.41, 5.74) is 8.07. The first kappa shape index (κ1) is 16.7. The Morgan fingerprint density at radius 3 is 2.32 bits per heavy atom. The minimum absolute atomic E-state index is 0.00373. The fourth-order valence-electron chi connectivity index (χ4n) is 1.19. The first-order chi connectivity index (χ1) is 8.77. The maximum atomic E-state index is 11.5. The average molecular weight is 267 g/mol. The quantitative estimate of drug-likeness (QED) is 0.294. The Morgan fingerprint density at radius 1 is 1.37 bits per heavy atom. The molecular formula is C12H21N5O2. The summed E-state index contributed by atoms with van der Waals surface area (Å²) in [5.74, 6) is -0.362. The predicted octanol–water partition coefficient (Wildman–Crippen LogP) is 0.226. The van der Waals surface area contributed by atoms with E-state index in [9.17, 15) is 9.59 Å². The van der Waals surface area contributed by atoms with Crippen LogP contribution in [0.4, 0.5) is 0 Å². The van der Waals surface area contributed by atoms with Crippen molar-refractivity contribution in [2.45, 2.75) is 33.7 Å². The molecule has 0 aromatic carbocycles. The lowest BCUT2D eigenvalue weighted by Gasteiger charge is -2.24. The van der Waals surface area contributed by atoms with Crippen molar-refractivity contribution in [1.82, 2.24) is 15.8 Å². The van der Waals surface area contributed by atoms with Crippen LogP contribution in [0.15, 0.2) is 29.5 Å². The highest BCUT2D eigenvalue weighted by atomic mass is 16.2. The Hall–Kier alpha value is -2.31. The van der Waals surface area contributed by atoms with Gasteiger partial charge in [-0.25, -0.2) is 5.01 Å². The molecule has 0 radical (unpaired) electrons. The summed E-state index contributed by atoms with van der Waals surface area (Å²) in [6.45, 7) is 9.88. The summed E-state index contributed by atoms with van der Waals surface area (Å²) < 4.78 is 0. The Kier molecular flexibility index (Phi) is 6.95. The number of nitrogens with one attached hydrogen (secondary N) is 2. The molecule has 0 heterocycles. The molecule has 106 valence electrons. The molecule has 0 aromatic rings. The monoisotopic (exact) mass is 267 g/mol. The van der Waals surface area contributed by atoms with Gasteiger partial charge in [0.2, 0.25) is 11.8 Å². The predicted molar refractivity (Wildman–Crippen MR) is 74.5 cm³/mol. The summed E-state index contributed by atoms with van der Waals surface area (Å²) in [6, 6.07) is 0.00373. The number of allylic oxidation sites excluding steroid dienone is 2. The lowest BCUT2D eigenvalue weighted by molar-refractivity contribution is -0.136. The van der Waals surface area contributed by atoms with Crippen molar-refractivity contribution in [3.05, 3.63) is 24.6 Å². The number of rotatable bonds is 4. The molecule has 7 nitrogen and oxygen atoms in total. The van der Waals surface area contributed by atoms with Gasteiger partial charge in [-0.1, -0.05) is 12.7 Å². The minimum Gasteiger partial charge on any atom is -0.370 e. The zero-order valence-electron chi connectivity index (χ0n) is 11.7. The molecule has 0 aliphatic rings. The van der Waals surface area contributed by atoms with Gasteiger partial charge in [-0.05, 0) is 19.9 Å². The summed E-state index contributed by atoms with van der Waals surface area (Å²) in [5, 5.41) is 3.78. The molecule has 0 saturated heterocycles. The number of guanidine groups is 1. The number of nitrogens with zero attached hydrogens (tertiary/aromatic N) is 2. The molecule has 4 N–H and O–H groups in total. The highest BCUT2D eigenvalue weighted by Crippen LogP contribution is 1.99. The van der Waals surface area contributed by atoms with E-state index in [2.05, 4.69) is 22.3 Å². The smallest absolute Gasteiger partial charge is 0.243 e. The van der Waals surface area contributed by atoms with Gasteiger partial charge in [0.25, 0.3) is 0 Å². The van der Waals surface area contributed by atoms with E-state index in [1.807, 2.05) is 13.8 Å². The zero-order chi connectivity index (χ0) is 15.0. The molecule has 0 unspecified atom stereocenters. The van der Waals surface area contributed by atoms with Gasteiger partial charge in [-0.2, -0.15) is 0 Å². The van der Waals surface area contributed by atoms with E-state index in [1.54, 1.807) is 0 Å². The lowest BCUT2D eigenvalue weighted by atomic mass is 10.4. The molecular weight excluding hydrogens is 246 g/mol. The summed E-state index contributed by atoms with van der Waals surface area (Å²) in [4.78, 5) is 26.7. The van der Waals surface area contributed by atoms with Crippen LogP contribution in [0.2, 0.25) is 0 Å².